The van der Waals surface area contributed by atoms with Crippen LogP contribution in [0.5, 0.6) is 0 Å². The van der Waals surface area contributed by atoms with Crippen LogP contribution in [-0.4, -0.2) is 77.0 Å². The van der Waals surface area contributed by atoms with Crippen LogP contribution in [0.25, 0.3) is 22.8 Å². The van der Waals surface area contributed by atoms with E-state index >= 15 is 0 Å². The van der Waals surface area contributed by atoms with Gasteiger partial charge in [-0.1, -0.05) is 312 Å². The van der Waals surface area contributed by atoms with E-state index in [9.17, 15) is 19.2 Å². The number of rotatable bonds is 60. The first kappa shape index (κ1) is 91.5. The normalized spacial score (nSPS) is 15.5. The molecule has 4 aromatic rings. The van der Waals surface area contributed by atoms with Crippen molar-refractivity contribution in [1.82, 2.24) is 19.6 Å². The van der Waals surface area contributed by atoms with Crippen LogP contribution in [0, 0.1) is 23.7 Å². The maximum absolute atomic E-state index is 14.9. The van der Waals surface area contributed by atoms with Crippen molar-refractivity contribution >= 4 is 82.8 Å². The number of hydrogen-bond acceptors (Lipinski definition) is 10. The molecule has 13 nitrogen and oxygen atoms in total. The van der Waals surface area contributed by atoms with Crippen LogP contribution in [0.4, 0.5) is 0 Å². The zero-order valence-corrected chi connectivity index (χ0v) is 71.3. The molecule has 0 spiro atoms. The summed E-state index contributed by atoms with van der Waals surface area (Å²) in [5.74, 6) is 3.47. The molecule has 8 rings (SSSR count). The van der Waals surface area contributed by atoms with Gasteiger partial charge in [0.2, 0.25) is 0 Å². The molecular formula is C92H144BBrN5O8S. The monoisotopic (exact) mass is 1570 g/mol. The molecule has 4 aliphatic rings. The van der Waals surface area contributed by atoms with Gasteiger partial charge in [-0.2, -0.15) is 0 Å². The van der Waals surface area contributed by atoms with Crippen LogP contribution in [0.2, 0.25) is 0 Å². The Bertz CT molecular complexity index is 3170. The van der Waals surface area contributed by atoms with Crippen molar-refractivity contribution in [3.05, 3.63) is 117 Å². The van der Waals surface area contributed by atoms with Crippen LogP contribution < -0.4 is 0 Å². The standard InChI is InChI=1S/C46H71BrN2O4.C46H72N2O4.BHNS/c1-5-9-13-17-19-23-28-36(26-21-15-11-7-3)34-48-43(38-30-25-33-52-38)41-42(46(48)51)44(39-31-32-40(47)53-39)49(45(41)50)35-37(27-22-16-12-8-4)29-24-20-18-14-10-6-2;1-5-9-13-17-19-23-29-37(27-21-15-11-7-3)35-47-43(39-31-25-33-51-39)41-42(45(47)49)44(40-32-26-34-52-40)48(46(41)50)36-38(28-22-16-12-8-4)30-24-20-18-14-10-6-2;1-2-3/h25,30-33,36-37H,5-24,26-29,34-35H2,1-4H3;25-26,31-34,37-38H,5-24,27-30,35-36H2,1-4H3;3H. The number of unbranched alkanes of at least 4 members (excludes halogenated alkanes) is 32. The first-order valence-electron chi connectivity index (χ1n) is 44.1. The summed E-state index contributed by atoms with van der Waals surface area (Å²) < 4.78 is 27.6. The number of halogens is 1. The summed E-state index contributed by atoms with van der Waals surface area (Å²) in [6, 6.07) is 15.1. The fourth-order valence-electron chi connectivity index (χ4n) is 16.8. The van der Waals surface area contributed by atoms with Crippen molar-refractivity contribution in [3.63, 3.8) is 0 Å². The van der Waals surface area contributed by atoms with E-state index in [-0.39, 0.29) is 23.6 Å². The summed E-state index contributed by atoms with van der Waals surface area (Å²) in [4.78, 5) is 67.1. The van der Waals surface area contributed by atoms with Crippen LogP contribution in [0.1, 0.15) is 387 Å². The molecule has 4 aromatic heterocycles. The number of amides is 4. The number of fused-ring (bicyclic) bond motifs is 2. The molecule has 601 valence electrons. The van der Waals surface area contributed by atoms with Gasteiger partial charge in [0.15, 0.2) is 27.7 Å². The third kappa shape index (κ3) is 29.3. The van der Waals surface area contributed by atoms with Gasteiger partial charge in [0.1, 0.15) is 22.8 Å². The van der Waals surface area contributed by atoms with E-state index in [1.807, 2.05) is 68.1 Å². The third-order valence-corrected chi connectivity index (χ3v) is 23.3. The Morgan fingerprint density at radius 2 is 0.509 bits per heavy atom. The summed E-state index contributed by atoms with van der Waals surface area (Å²) in [7, 11) is 4.34. The summed E-state index contributed by atoms with van der Waals surface area (Å²) in [6.07, 6.45) is 63.3. The maximum atomic E-state index is 14.9. The summed E-state index contributed by atoms with van der Waals surface area (Å²) in [5.41, 5.74) is 4.54. The summed E-state index contributed by atoms with van der Waals surface area (Å²) in [6.45, 7) is 20.5. The van der Waals surface area contributed by atoms with Crippen molar-refractivity contribution in [1.29, 1.82) is 0 Å². The van der Waals surface area contributed by atoms with Gasteiger partial charge in [0, 0.05) is 26.2 Å². The number of furan rings is 4. The molecule has 4 amide bonds. The van der Waals surface area contributed by atoms with E-state index in [2.05, 4.69) is 96.1 Å². The Balaban J connectivity index is 0.000000326. The van der Waals surface area contributed by atoms with E-state index in [0.717, 1.165) is 51.4 Å². The Labute approximate surface area is 670 Å². The summed E-state index contributed by atoms with van der Waals surface area (Å²) >= 11 is 6.70. The van der Waals surface area contributed by atoms with E-state index in [0.29, 0.717) is 123 Å². The molecule has 108 heavy (non-hydrogen) atoms. The molecule has 0 aromatic carbocycles. The van der Waals surface area contributed by atoms with Gasteiger partial charge in [-0.25, -0.2) is 0 Å². The number of carbonyl (C=O) groups is 4. The molecule has 0 aliphatic carbocycles. The Morgan fingerprint density at radius 1 is 0.315 bits per heavy atom. The van der Waals surface area contributed by atoms with Crippen molar-refractivity contribution < 1.29 is 36.8 Å². The van der Waals surface area contributed by atoms with E-state index in [4.69, 9.17) is 17.7 Å². The molecule has 0 fully saturated rings. The van der Waals surface area contributed by atoms with Crippen molar-refractivity contribution in [2.75, 3.05) is 26.2 Å². The molecule has 1 radical (unpaired) electrons. The van der Waals surface area contributed by atoms with Crippen molar-refractivity contribution in [3.8, 4) is 0 Å². The van der Waals surface area contributed by atoms with E-state index in [1.54, 1.807) is 18.8 Å². The second-order valence-electron chi connectivity index (χ2n) is 31.8. The van der Waals surface area contributed by atoms with Gasteiger partial charge in [-0.15, -0.1) is 0 Å². The molecule has 4 aliphatic heterocycles. The zero-order chi connectivity index (χ0) is 77.5. The molecular weight excluding hydrogens is 1430 g/mol. The SMILES string of the molecule is CCCCCCCCC(CCCCCC)CN1C(=O)C2=C(c3ccc(Br)o3)N(CC(CCCCCC)CCCCCCCC)C(=O)C2=C1c1ccco1.CCCCCCCCC(CCCCCC)CN1C(=O)C2=C(c3ccco3)N(CC(CCCCCC)CCCCCCCC)C(=O)C2=C1c1ccco1.[B]=NS. The first-order valence-corrected chi connectivity index (χ1v) is 45.3. The van der Waals surface area contributed by atoms with Gasteiger partial charge in [-0.05, 0) is 139 Å². The molecule has 16 heteroatoms. The molecule has 4 unspecified atom stereocenters. The number of hydrogen-bond donors (Lipinski definition) is 1. The molecule has 4 atom stereocenters. The number of nitrogens with zero attached hydrogens (tertiary/aromatic N) is 5. The van der Waals surface area contributed by atoms with Gasteiger partial charge >= 0.3 is 24.8 Å². The second-order valence-corrected chi connectivity index (χ2v) is 32.8. The molecule has 0 N–H and O–H groups in total. The van der Waals surface area contributed by atoms with Gasteiger partial charge in [0.05, 0.1) is 41.1 Å². The fraction of sp³-hybridized carbons (Fsp3) is 0.696. The zero-order valence-electron chi connectivity index (χ0n) is 68.8. The third-order valence-electron chi connectivity index (χ3n) is 22.9. The van der Waals surface area contributed by atoms with Gasteiger partial charge in [0.25, 0.3) is 23.6 Å². The van der Waals surface area contributed by atoms with Crippen molar-refractivity contribution in [2.45, 2.75) is 364 Å². The van der Waals surface area contributed by atoms with Crippen LogP contribution >= 0.6 is 28.7 Å². The quantitative estimate of drug-likeness (QED) is 0.0261. The fourth-order valence-corrected chi connectivity index (χ4v) is 17.1. The molecule has 0 bridgehead atoms. The average Bonchev–Trinajstić information content (AvgIpc) is 1.56. The van der Waals surface area contributed by atoms with E-state index in [1.165, 1.54) is 257 Å². The molecule has 0 saturated carbocycles. The Morgan fingerprint density at radius 3 is 0.694 bits per heavy atom. The first-order chi connectivity index (χ1) is 52.9. The van der Waals surface area contributed by atoms with Gasteiger partial charge < -0.3 is 37.3 Å². The molecule has 0 saturated heterocycles. The second kappa shape index (κ2) is 54.4. The molecule has 8 heterocycles. The Hall–Kier alpha value is -5.35. The van der Waals surface area contributed by atoms with Crippen LogP contribution in [0.3, 0.4) is 0 Å². The minimum atomic E-state index is -0.0957. The van der Waals surface area contributed by atoms with E-state index < -0.39 is 0 Å². The van der Waals surface area contributed by atoms with Crippen LogP contribution in [-0.2, 0) is 19.2 Å². The predicted molar refractivity (Wildman–Crippen MR) is 455 cm³/mol. The summed E-state index contributed by atoms with van der Waals surface area (Å²) in [5, 5.41) is 0. The Kier molecular flexibility index (Phi) is 46.1. The average molecular weight is 1570 g/mol. The minimum absolute atomic E-state index is 0.0828. The topological polar surface area (TPSA) is 146 Å². The number of thiol groups is 1. The number of carbonyl (C=O) groups excluding carboxylic acids is 4. The van der Waals surface area contributed by atoms with Gasteiger partial charge in [-0.3, -0.25) is 19.2 Å². The predicted octanol–water partition coefficient (Wildman–Crippen LogP) is 27.7. The van der Waals surface area contributed by atoms with Crippen LogP contribution in [0.15, 0.2) is 116 Å². The van der Waals surface area contributed by atoms with Crippen molar-refractivity contribution in [2.24, 2.45) is 28.0 Å².